The fraction of sp³-hybridized carbons (Fsp3) is 0. The topological polar surface area (TPSA) is 66.6 Å². The third kappa shape index (κ3) is 4.18. The van der Waals surface area contributed by atoms with Gasteiger partial charge in [0.15, 0.2) is 0 Å². The van der Waals surface area contributed by atoms with Gasteiger partial charge in [0.05, 0.1) is 17.0 Å². The van der Waals surface area contributed by atoms with Gasteiger partial charge in [-0.05, 0) is 36.4 Å². The van der Waals surface area contributed by atoms with E-state index in [1.807, 2.05) is 0 Å². The molecule has 2 aromatic rings. The Hall–Kier alpha value is -2.70. The molecular weight excluding hydrogens is 338 g/mol. The largest absolute Gasteiger partial charge is 0.478 e. The van der Waals surface area contributed by atoms with E-state index in [-0.39, 0.29) is 16.8 Å². The molecule has 0 atom stereocenters. The molecule has 0 bridgehead atoms. The molecule has 0 fully saturated rings. The van der Waals surface area contributed by atoms with Crippen molar-refractivity contribution in [2.45, 2.75) is 0 Å². The molecule has 3 N–H and O–H groups in total. The highest BCUT2D eigenvalue weighted by atomic mass is 35.5. The van der Waals surface area contributed by atoms with E-state index in [1.54, 1.807) is 18.2 Å². The Bertz CT molecular complexity index is 817. The summed E-state index contributed by atoms with van der Waals surface area (Å²) in [6.45, 7) is 3.39. The Morgan fingerprint density at radius 1 is 1.21 bits per heavy atom. The van der Waals surface area contributed by atoms with E-state index in [0.29, 0.717) is 16.8 Å². The van der Waals surface area contributed by atoms with Crippen LogP contribution in [0.2, 0.25) is 5.02 Å². The van der Waals surface area contributed by atoms with Gasteiger partial charge in [-0.25, -0.2) is 19.4 Å². The summed E-state index contributed by atoms with van der Waals surface area (Å²) in [7, 11) is 0. The number of hydrazine groups is 1. The zero-order valence-corrected chi connectivity index (χ0v) is 13.1. The van der Waals surface area contributed by atoms with Crippen LogP contribution in [0.4, 0.5) is 14.5 Å². The Labute approximate surface area is 142 Å². The first-order valence-corrected chi connectivity index (χ1v) is 7.06. The molecule has 124 valence electrons. The summed E-state index contributed by atoms with van der Waals surface area (Å²) in [6.07, 6.45) is 1.12. The van der Waals surface area contributed by atoms with E-state index in [2.05, 4.69) is 6.58 Å². The van der Waals surface area contributed by atoms with E-state index in [0.717, 1.165) is 23.2 Å². The van der Waals surface area contributed by atoms with Gasteiger partial charge in [0.2, 0.25) is 0 Å². The third-order valence-electron chi connectivity index (χ3n) is 3.09. The molecule has 0 aromatic heterocycles. The van der Waals surface area contributed by atoms with Crippen molar-refractivity contribution in [1.82, 2.24) is 0 Å². The van der Waals surface area contributed by atoms with Crippen LogP contribution in [0.25, 0.3) is 5.70 Å². The lowest BCUT2D eigenvalue weighted by Gasteiger charge is -2.23. The number of carboxylic acids is 1. The number of hydrogen-bond donors (Lipinski definition) is 2. The molecule has 2 aromatic carbocycles. The molecule has 7 heteroatoms. The van der Waals surface area contributed by atoms with Crippen molar-refractivity contribution in [3.8, 4) is 0 Å². The Kier molecular flexibility index (Phi) is 5.33. The minimum absolute atomic E-state index is 0.0445. The lowest BCUT2D eigenvalue weighted by molar-refractivity contribution is -0.132. The van der Waals surface area contributed by atoms with Crippen molar-refractivity contribution in [1.29, 1.82) is 0 Å². The normalized spacial score (nSPS) is 11.2. The summed E-state index contributed by atoms with van der Waals surface area (Å²) < 4.78 is 27.1. The van der Waals surface area contributed by atoms with Crippen molar-refractivity contribution < 1.29 is 18.7 Å². The maximum Gasteiger partial charge on any atom is 0.335 e. The van der Waals surface area contributed by atoms with Crippen LogP contribution in [0, 0.1) is 11.6 Å². The number of carbonyl (C=O) groups is 1. The first-order valence-electron chi connectivity index (χ1n) is 6.68. The van der Waals surface area contributed by atoms with E-state index < -0.39 is 17.6 Å². The molecule has 24 heavy (non-hydrogen) atoms. The molecule has 0 aliphatic heterocycles. The number of nitrogens with two attached hydrogens (primary N) is 1. The average molecular weight is 351 g/mol. The molecule has 0 saturated heterocycles. The van der Waals surface area contributed by atoms with Crippen LogP contribution in [0.5, 0.6) is 0 Å². The molecule has 0 aliphatic rings. The highest BCUT2D eigenvalue weighted by molar-refractivity contribution is 6.30. The Morgan fingerprint density at radius 2 is 1.83 bits per heavy atom. The minimum Gasteiger partial charge on any atom is -0.478 e. The first kappa shape index (κ1) is 17.7. The second-order valence-electron chi connectivity index (χ2n) is 4.87. The van der Waals surface area contributed by atoms with Crippen molar-refractivity contribution in [3.63, 3.8) is 0 Å². The molecule has 0 heterocycles. The molecule has 4 nitrogen and oxygen atoms in total. The lowest BCUT2D eigenvalue weighted by atomic mass is 10.1. The van der Waals surface area contributed by atoms with E-state index in [9.17, 15) is 13.6 Å². The predicted molar refractivity (Wildman–Crippen MR) is 89.2 cm³/mol. The van der Waals surface area contributed by atoms with E-state index in [1.165, 1.54) is 6.07 Å². The maximum atomic E-state index is 13.5. The number of hydrogen-bond acceptors (Lipinski definition) is 3. The molecular formula is C17H13ClF2N2O2. The van der Waals surface area contributed by atoms with Crippen molar-refractivity contribution in [2.24, 2.45) is 5.84 Å². The lowest BCUT2D eigenvalue weighted by Crippen LogP contribution is -2.29. The van der Waals surface area contributed by atoms with Crippen LogP contribution in [0.15, 0.2) is 60.7 Å². The number of aliphatic carboxylic acids is 1. The standard InChI is InChI=1S/C17H13ClF2N2O2/c1-10(17(23)24)5-16(11-6-13(19)9-14(20)7-11)22(21)15-4-2-3-12(18)8-15/h2-9H,1,21H2,(H,23,24)/b16-5-. The monoisotopic (exact) mass is 350 g/mol. The van der Waals surface area contributed by atoms with Crippen LogP contribution in [-0.4, -0.2) is 11.1 Å². The van der Waals surface area contributed by atoms with Crippen molar-refractivity contribution in [3.05, 3.63) is 82.9 Å². The number of halogens is 3. The van der Waals surface area contributed by atoms with Gasteiger partial charge in [0, 0.05) is 16.7 Å². The third-order valence-corrected chi connectivity index (χ3v) is 3.32. The molecule has 0 radical (unpaired) electrons. The van der Waals surface area contributed by atoms with Crippen LogP contribution in [0.3, 0.4) is 0 Å². The smallest absolute Gasteiger partial charge is 0.335 e. The van der Waals surface area contributed by atoms with Gasteiger partial charge < -0.3 is 5.11 Å². The zero-order valence-electron chi connectivity index (χ0n) is 12.3. The van der Waals surface area contributed by atoms with E-state index >= 15 is 0 Å². The molecule has 2 rings (SSSR count). The Balaban J connectivity index is 2.58. The van der Waals surface area contributed by atoms with Crippen LogP contribution < -0.4 is 10.9 Å². The zero-order chi connectivity index (χ0) is 17.9. The van der Waals surface area contributed by atoms with Gasteiger partial charge >= 0.3 is 5.97 Å². The molecule has 0 aliphatic carbocycles. The van der Waals surface area contributed by atoms with Crippen LogP contribution >= 0.6 is 11.6 Å². The predicted octanol–water partition coefficient (Wildman–Crippen LogP) is 3.98. The molecule has 0 saturated carbocycles. The second kappa shape index (κ2) is 7.25. The number of anilines is 1. The summed E-state index contributed by atoms with van der Waals surface area (Å²) in [4.78, 5) is 11.0. The van der Waals surface area contributed by atoms with Crippen LogP contribution in [0.1, 0.15) is 5.56 Å². The quantitative estimate of drug-likeness (QED) is 0.370. The van der Waals surface area contributed by atoms with Gasteiger partial charge in [-0.3, -0.25) is 5.01 Å². The number of benzene rings is 2. The SMILES string of the molecule is C=C(/C=C(/c1cc(F)cc(F)c1)N(N)c1cccc(Cl)c1)C(=O)O. The summed E-state index contributed by atoms with van der Waals surface area (Å²) in [5.74, 6) is 3.08. The number of nitrogens with zero attached hydrogens (tertiary/aromatic N) is 1. The molecule has 0 spiro atoms. The highest BCUT2D eigenvalue weighted by Gasteiger charge is 2.15. The van der Waals surface area contributed by atoms with Gasteiger partial charge in [-0.1, -0.05) is 24.2 Å². The second-order valence-corrected chi connectivity index (χ2v) is 5.30. The summed E-state index contributed by atoms with van der Waals surface area (Å²) in [6, 6.07) is 9.16. The van der Waals surface area contributed by atoms with Crippen molar-refractivity contribution in [2.75, 3.05) is 5.01 Å². The Morgan fingerprint density at radius 3 is 2.38 bits per heavy atom. The van der Waals surface area contributed by atoms with Crippen molar-refractivity contribution >= 4 is 29.0 Å². The van der Waals surface area contributed by atoms with Crippen LogP contribution in [-0.2, 0) is 4.79 Å². The fourth-order valence-electron chi connectivity index (χ4n) is 1.99. The van der Waals surface area contributed by atoms with Gasteiger partial charge in [0.1, 0.15) is 11.6 Å². The summed E-state index contributed by atoms with van der Waals surface area (Å²) >= 11 is 5.91. The average Bonchev–Trinajstić information content (AvgIpc) is 2.50. The molecule has 0 unspecified atom stereocenters. The molecule has 0 amide bonds. The fourth-order valence-corrected chi connectivity index (χ4v) is 2.17. The maximum absolute atomic E-state index is 13.5. The van der Waals surface area contributed by atoms with Gasteiger partial charge in [0.25, 0.3) is 0 Å². The number of carboxylic acid groups (broad SMARTS) is 1. The van der Waals surface area contributed by atoms with E-state index in [4.69, 9.17) is 22.6 Å². The van der Waals surface area contributed by atoms with Gasteiger partial charge in [-0.15, -0.1) is 0 Å². The minimum atomic E-state index is -1.29. The first-order chi connectivity index (χ1) is 11.3. The highest BCUT2D eigenvalue weighted by Crippen LogP contribution is 2.27. The number of rotatable bonds is 5. The van der Waals surface area contributed by atoms with Gasteiger partial charge in [-0.2, -0.15) is 0 Å². The summed E-state index contributed by atoms with van der Waals surface area (Å²) in [5, 5.41) is 10.5. The summed E-state index contributed by atoms with van der Waals surface area (Å²) in [5.41, 5.74) is 0.198.